The Morgan fingerprint density at radius 1 is 1.00 bits per heavy atom. The van der Waals surface area contributed by atoms with Gasteiger partial charge in [0, 0.05) is 12.8 Å². The highest BCUT2D eigenvalue weighted by atomic mass is 32.2. The van der Waals surface area contributed by atoms with Crippen molar-refractivity contribution in [1.82, 2.24) is 5.06 Å². The molecule has 17 heavy (non-hydrogen) atoms. The van der Waals surface area contributed by atoms with Crippen LogP contribution in [0.2, 0.25) is 0 Å². The number of rotatable bonds is 3. The molecule has 1 aliphatic heterocycles. The van der Waals surface area contributed by atoms with E-state index >= 15 is 0 Å². The van der Waals surface area contributed by atoms with E-state index in [1.165, 1.54) is 0 Å². The lowest BCUT2D eigenvalue weighted by Gasteiger charge is -2.22. The van der Waals surface area contributed by atoms with E-state index in [9.17, 15) is 18.0 Å². The van der Waals surface area contributed by atoms with E-state index < -0.39 is 27.2 Å². The topological polar surface area (TPSA) is 80.8 Å². The van der Waals surface area contributed by atoms with Crippen molar-refractivity contribution in [2.45, 2.75) is 50.2 Å². The molecular formula is C10H15NO5S. The fourth-order valence-electron chi connectivity index (χ4n) is 2.16. The molecule has 0 bridgehead atoms. The molecule has 0 N–H and O–H groups in total. The average molecular weight is 261 g/mol. The van der Waals surface area contributed by atoms with Gasteiger partial charge in [-0.15, -0.1) is 9.35 Å². The van der Waals surface area contributed by atoms with Gasteiger partial charge < -0.3 is 0 Å². The van der Waals surface area contributed by atoms with Gasteiger partial charge in [0.15, 0.2) is 0 Å². The van der Waals surface area contributed by atoms with Gasteiger partial charge >= 0.3 is 0 Å². The number of amides is 2. The zero-order valence-corrected chi connectivity index (χ0v) is 10.2. The molecule has 0 aromatic rings. The van der Waals surface area contributed by atoms with Crippen molar-refractivity contribution in [3.63, 3.8) is 0 Å². The van der Waals surface area contributed by atoms with E-state index in [1.807, 2.05) is 0 Å². The SMILES string of the molecule is O=C1CCC(=O)N1OS(=O)(=O)C1CCCCC1. The molecule has 1 saturated carbocycles. The minimum absolute atomic E-state index is 0.0268. The second kappa shape index (κ2) is 4.73. The van der Waals surface area contributed by atoms with Crippen molar-refractivity contribution < 1.29 is 22.3 Å². The smallest absolute Gasteiger partial charge is 0.272 e. The molecule has 0 unspecified atom stereocenters. The van der Waals surface area contributed by atoms with Crippen molar-refractivity contribution in [3.05, 3.63) is 0 Å². The quantitative estimate of drug-likeness (QED) is 0.699. The number of carbonyl (C=O) groups is 2. The van der Waals surface area contributed by atoms with Crippen molar-refractivity contribution in [2.24, 2.45) is 0 Å². The number of hydroxylamine groups is 2. The van der Waals surface area contributed by atoms with Crippen molar-refractivity contribution >= 4 is 21.9 Å². The molecule has 1 aliphatic carbocycles. The molecule has 6 nitrogen and oxygen atoms in total. The molecule has 1 heterocycles. The summed E-state index contributed by atoms with van der Waals surface area (Å²) in [6.07, 6.45) is 3.84. The fraction of sp³-hybridized carbons (Fsp3) is 0.800. The molecule has 0 radical (unpaired) electrons. The van der Waals surface area contributed by atoms with Crippen LogP contribution in [0.1, 0.15) is 44.9 Å². The van der Waals surface area contributed by atoms with Crippen LogP contribution in [0.3, 0.4) is 0 Å². The fourth-order valence-corrected chi connectivity index (χ4v) is 3.56. The summed E-state index contributed by atoms with van der Waals surface area (Å²) in [5, 5.41) is -0.179. The Bertz CT molecular complexity index is 408. The van der Waals surface area contributed by atoms with Crippen LogP contribution < -0.4 is 0 Å². The van der Waals surface area contributed by atoms with Crippen LogP contribution in [0.25, 0.3) is 0 Å². The number of nitrogens with zero attached hydrogens (tertiary/aromatic N) is 1. The molecule has 0 aromatic heterocycles. The Morgan fingerprint density at radius 3 is 2.06 bits per heavy atom. The Labute approximate surface area is 100.0 Å². The summed E-state index contributed by atoms with van der Waals surface area (Å²) in [6.45, 7) is 0. The first-order valence-corrected chi connectivity index (χ1v) is 7.27. The van der Waals surface area contributed by atoms with E-state index in [0.717, 1.165) is 19.3 Å². The monoisotopic (exact) mass is 261 g/mol. The Hall–Kier alpha value is -0.950. The predicted octanol–water partition coefficient (Wildman–Crippen LogP) is 0.729. The molecule has 0 spiro atoms. The lowest BCUT2D eigenvalue weighted by molar-refractivity contribution is -0.163. The average Bonchev–Trinajstić information content (AvgIpc) is 2.62. The van der Waals surface area contributed by atoms with Crippen LogP contribution in [0.4, 0.5) is 0 Å². The van der Waals surface area contributed by atoms with E-state index in [0.29, 0.717) is 17.9 Å². The van der Waals surface area contributed by atoms with Gasteiger partial charge in [0.25, 0.3) is 21.9 Å². The van der Waals surface area contributed by atoms with Gasteiger partial charge in [0.1, 0.15) is 0 Å². The van der Waals surface area contributed by atoms with Crippen molar-refractivity contribution in [3.8, 4) is 0 Å². The van der Waals surface area contributed by atoms with Crippen LogP contribution >= 0.6 is 0 Å². The van der Waals surface area contributed by atoms with Crippen molar-refractivity contribution in [2.75, 3.05) is 0 Å². The number of imide groups is 1. The molecular weight excluding hydrogens is 246 g/mol. The third-order valence-electron chi connectivity index (χ3n) is 3.14. The summed E-state index contributed by atoms with van der Waals surface area (Å²) < 4.78 is 28.4. The van der Waals surface area contributed by atoms with E-state index in [1.54, 1.807) is 0 Å². The third kappa shape index (κ3) is 2.66. The Balaban J connectivity index is 2.06. The molecule has 2 rings (SSSR count). The van der Waals surface area contributed by atoms with Crippen LogP contribution in [-0.4, -0.2) is 30.5 Å². The second-order valence-corrected chi connectivity index (χ2v) is 6.21. The number of hydrogen-bond donors (Lipinski definition) is 0. The maximum atomic E-state index is 11.9. The van der Waals surface area contributed by atoms with E-state index in [4.69, 9.17) is 0 Å². The molecule has 2 aliphatic rings. The summed E-state index contributed by atoms with van der Waals surface area (Å²) >= 11 is 0. The summed E-state index contributed by atoms with van der Waals surface area (Å²) in [6, 6.07) is 0. The van der Waals surface area contributed by atoms with Crippen molar-refractivity contribution in [1.29, 1.82) is 0 Å². The molecule has 2 fully saturated rings. The number of carbonyl (C=O) groups excluding carboxylic acids is 2. The summed E-state index contributed by atoms with van der Waals surface area (Å²) in [5.74, 6) is -1.15. The highest BCUT2D eigenvalue weighted by molar-refractivity contribution is 7.87. The lowest BCUT2D eigenvalue weighted by Crippen LogP contribution is -2.37. The summed E-state index contributed by atoms with van der Waals surface area (Å²) in [7, 11) is -3.85. The van der Waals surface area contributed by atoms with Gasteiger partial charge in [-0.1, -0.05) is 19.3 Å². The summed E-state index contributed by atoms with van der Waals surface area (Å²) in [4.78, 5) is 22.5. The first kappa shape index (κ1) is 12.5. The molecule has 1 saturated heterocycles. The van der Waals surface area contributed by atoms with Gasteiger partial charge in [0.2, 0.25) is 0 Å². The van der Waals surface area contributed by atoms with Crippen LogP contribution in [0.5, 0.6) is 0 Å². The van der Waals surface area contributed by atoms with Gasteiger partial charge in [-0.2, -0.15) is 8.42 Å². The minimum atomic E-state index is -3.85. The second-order valence-electron chi connectivity index (χ2n) is 4.41. The highest BCUT2D eigenvalue weighted by Crippen LogP contribution is 2.26. The number of hydrogen-bond acceptors (Lipinski definition) is 5. The van der Waals surface area contributed by atoms with Crippen LogP contribution in [0.15, 0.2) is 0 Å². The first-order valence-electron chi connectivity index (χ1n) is 5.80. The lowest BCUT2D eigenvalue weighted by atomic mass is 10.0. The van der Waals surface area contributed by atoms with Gasteiger partial charge in [-0.25, -0.2) is 0 Å². The zero-order valence-electron chi connectivity index (χ0n) is 9.42. The predicted molar refractivity (Wildman–Crippen MR) is 58.0 cm³/mol. The molecule has 96 valence electrons. The molecule has 7 heteroatoms. The largest absolute Gasteiger partial charge is 0.291 e. The van der Waals surface area contributed by atoms with Crippen LogP contribution in [0, 0.1) is 0 Å². The maximum Gasteiger partial charge on any atom is 0.291 e. The normalized spacial score (nSPS) is 23.4. The molecule has 0 aromatic carbocycles. The van der Waals surface area contributed by atoms with Crippen LogP contribution in [-0.2, 0) is 24.0 Å². The molecule has 2 amide bonds. The molecule has 0 atom stereocenters. The van der Waals surface area contributed by atoms with Gasteiger partial charge in [-0.05, 0) is 12.8 Å². The first-order chi connectivity index (χ1) is 8.00. The van der Waals surface area contributed by atoms with Gasteiger partial charge in [0.05, 0.1) is 5.25 Å². The Kier molecular flexibility index (Phi) is 3.48. The highest BCUT2D eigenvalue weighted by Gasteiger charge is 2.38. The van der Waals surface area contributed by atoms with E-state index in [-0.39, 0.29) is 12.8 Å². The van der Waals surface area contributed by atoms with E-state index in [2.05, 4.69) is 4.28 Å². The maximum absolute atomic E-state index is 11.9. The third-order valence-corrected chi connectivity index (χ3v) is 4.79. The minimum Gasteiger partial charge on any atom is -0.272 e. The Morgan fingerprint density at radius 2 is 1.53 bits per heavy atom. The zero-order chi connectivity index (χ0) is 12.5. The van der Waals surface area contributed by atoms with Gasteiger partial charge in [-0.3, -0.25) is 9.59 Å². The standard InChI is InChI=1S/C10H15NO5S/c12-9-6-7-10(13)11(9)16-17(14,15)8-4-2-1-3-5-8/h8H,1-7H2. The summed E-state index contributed by atoms with van der Waals surface area (Å²) in [5.41, 5.74) is 0.